The minimum absolute atomic E-state index is 0.166. The van der Waals surface area contributed by atoms with Crippen molar-refractivity contribution in [3.05, 3.63) is 22.3 Å². The number of halogens is 2. The van der Waals surface area contributed by atoms with E-state index >= 15 is 0 Å². The molecular weight excluding hydrogens is 301 g/mol. The molecule has 20 heavy (non-hydrogen) atoms. The van der Waals surface area contributed by atoms with Crippen LogP contribution in [0.2, 0.25) is 10.0 Å². The number of nitrogens with one attached hydrogen (secondary N) is 1. The van der Waals surface area contributed by atoms with Crippen LogP contribution in [0, 0.1) is 5.92 Å². The highest BCUT2D eigenvalue weighted by Crippen LogP contribution is 2.22. The molecule has 0 aliphatic carbocycles. The lowest BCUT2D eigenvalue weighted by Gasteiger charge is -2.31. The van der Waals surface area contributed by atoms with Gasteiger partial charge in [0.25, 0.3) is 0 Å². The van der Waals surface area contributed by atoms with Crippen LogP contribution < -0.4 is 5.32 Å². The molecule has 1 aromatic rings. The van der Waals surface area contributed by atoms with E-state index in [1.807, 2.05) is 4.90 Å². The van der Waals surface area contributed by atoms with Crippen molar-refractivity contribution in [3.63, 3.8) is 0 Å². The second kappa shape index (κ2) is 7.22. The van der Waals surface area contributed by atoms with Crippen molar-refractivity contribution in [1.82, 2.24) is 9.88 Å². The van der Waals surface area contributed by atoms with E-state index < -0.39 is 0 Å². The van der Waals surface area contributed by atoms with E-state index in [0.29, 0.717) is 15.9 Å². The number of carbonyl (C=O) groups is 1. The van der Waals surface area contributed by atoms with E-state index in [-0.39, 0.29) is 25.0 Å². The summed E-state index contributed by atoms with van der Waals surface area (Å²) in [6.07, 6.45) is 3.45. The Morgan fingerprint density at radius 2 is 2.35 bits per heavy atom. The van der Waals surface area contributed by atoms with Gasteiger partial charge in [-0.3, -0.25) is 9.69 Å². The Morgan fingerprint density at radius 3 is 3.05 bits per heavy atom. The molecule has 1 fully saturated rings. The first-order valence-corrected chi connectivity index (χ1v) is 7.28. The summed E-state index contributed by atoms with van der Waals surface area (Å²) in [5, 5.41) is 12.6. The normalized spacial score (nSPS) is 19.9. The minimum atomic E-state index is -0.166. The Kier molecular flexibility index (Phi) is 5.60. The molecular formula is C13H17Cl2N3O2. The number of anilines is 1. The Bertz CT molecular complexity index is 485. The minimum Gasteiger partial charge on any atom is -0.396 e. The molecule has 1 atom stereocenters. The number of aliphatic hydroxyl groups is 1. The second-order valence-electron chi connectivity index (χ2n) is 4.96. The first kappa shape index (κ1) is 15.5. The van der Waals surface area contributed by atoms with Crippen molar-refractivity contribution < 1.29 is 9.90 Å². The van der Waals surface area contributed by atoms with Crippen LogP contribution in [-0.2, 0) is 4.79 Å². The zero-order chi connectivity index (χ0) is 14.5. The first-order valence-electron chi connectivity index (χ1n) is 6.52. The fourth-order valence-corrected chi connectivity index (χ4v) is 2.75. The van der Waals surface area contributed by atoms with Crippen molar-refractivity contribution in [2.24, 2.45) is 5.92 Å². The topological polar surface area (TPSA) is 65.5 Å². The highest BCUT2D eigenvalue weighted by molar-refractivity contribution is 6.36. The van der Waals surface area contributed by atoms with Crippen molar-refractivity contribution in [2.75, 3.05) is 31.6 Å². The summed E-state index contributed by atoms with van der Waals surface area (Å²) in [5.74, 6) is 0.408. The molecule has 110 valence electrons. The average molecular weight is 318 g/mol. The average Bonchev–Trinajstić information content (AvgIpc) is 2.42. The van der Waals surface area contributed by atoms with Gasteiger partial charge in [-0.05, 0) is 31.4 Å². The molecule has 0 radical (unpaired) electrons. The number of nitrogens with zero attached hydrogens (tertiary/aromatic N) is 2. The predicted molar refractivity (Wildman–Crippen MR) is 79.1 cm³/mol. The lowest BCUT2D eigenvalue weighted by molar-refractivity contribution is -0.117. The van der Waals surface area contributed by atoms with Gasteiger partial charge in [-0.25, -0.2) is 4.98 Å². The van der Waals surface area contributed by atoms with Gasteiger partial charge in [0.15, 0.2) is 5.82 Å². The molecule has 0 aromatic carbocycles. The molecule has 2 N–H and O–H groups in total. The molecule has 2 rings (SSSR count). The summed E-state index contributed by atoms with van der Waals surface area (Å²) < 4.78 is 0. The number of hydrogen-bond donors (Lipinski definition) is 2. The van der Waals surface area contributed by atoms with Crippen LogP contribution in [0.4, 0.5) is 5.82 Å². The maximum absolute atomic E-state index is 12.0. The molecule has 1 aromatic heterocycles. The number of rotatable bonds is 4. The van der Waals surface area contributed by atoms with Crippen LogP contribution in [-0.4, -0.2) is 47.1 Å². The summed E-state index contributed by atoms with van der Waals surface area (Å²) in [7, 11) is 0. The van der Waals surface area contributed by atoms with Crippen LogP contribution in [0.25, 0.3) is 0 Å². The van der Waals surface area contributed by atoms with Crippen LogP contribution in [0.5, 0.6) is 0 Å². The van der Waals surface area contributed by atoms with Crippen LogP contribution in [0.15, 0.2) is 12.3 Å². The number of hydrogen-bond acceptors (Lipinski definition) is 4. The number of aromatic nitrogens is 1. The lowest BCUT2D eigenvalue weighted by atomic mass is 9.99. The molecule has 0 saturated carbocycles. The summed E-state index contributed by atoms with van der Waals surface area (Å²) >= 11 is 11.7. The molecule has 0 bridgehead atoms. The van der Waals surface area contributed by atoms with Gasteiger partial charge in [-0.15, -0.1) is 0 Å². The lowest BCUT2D eigenvalue weighted by Crippen LogP contribution is -2.41. The number of amides is 1. The van der Waals surface area contributed by atoms with Crippen molar-refractivity contribution in [3.8, 4) is 0 Å². The molecule has 7 heteroatoms. The molecule has 2 heterocycles. The standard InChI is InChI=1S/C13H17Cl2N3O2/c14-10-4-11(15)13(16-5-10)17-12(20)7-18-3-1-2-9(6-18)8-19/h4-5,9,19H,1-3,6-8H2,(H,16,17,20). The molecule has 1 aliphatic rings. The largest absolute Gasteiger partial charge is 0.396 e. The highest BCUT2D eigenvalue weighted by atomic mass is 35.5. The van der Waals surface area contributed by atoms with Crippen LogP contribution >= 0.6 is 23.2 Å². The van der Waals surface area contributed by atoms with E-state index in [4.69, 9.17) is 23.2 Å². The fraction of sp³-hybridized carbons (Fsp3) is 0.538. The predicted octanol–water partition coefficient (Wildman–Crippen LogP) is 2.03. The quantitative estimate of drug-likeness (QED) is 0.891. The molecule has 1 saturated heterocycles. The van der Waals surface area contributed by atoms with Gasteiger partial charge >= 0.3 is 0 Å². The summed E-state index contributed by atoms with van der Waals surface area (Å²) in [6.45, 7) is 2.05. The Hall–Kier alpha value is -0.880. The van der Waals surface area contributed by atoms with Gasteiger partial charge in [-0.1, -0.05) is 23.2 Å². The maximum atomic E-state index is 12.0. The van der Waals surface area contributed by atoms with Gasteiger partial charge in [-0.2, -0.15) is 0 Å². The third kappa shape index (κ3) is 4.31. The number of likely N-dealkylation sites (tertiary alicyclic amines) is 1. The molecule has 1 amide bonds. The second-order valence-corrected chi connectivity index (χ2v) is 5.80. The van der Waals surface area contributed by atoms with Crippen LogP contribution in [0.1, 0.15) is 12.8 Å². The summed E-state index contributed by atoms with van der Waals surface area (Å²) in [6, 6.07) is 1.54. The number of piperidine rings is 1. The van der Waals surface area contributed by atoms with E-state index in [2.05, 4.69) is 10.3 Å². The number of aliphatic hydroxyl groups excluding tert-OH is 1. The monoisotopic (exact) mass is 317 g/mol. The van der Waals surface area contributed by atoms with E-state index in [1.165, 1.54) is 12.3 Å². The Morgan fingerprint density at radius 1 is 1.55 bits per heavy atom. The van der Waals surface area contributed by atoms with Crippen molar-refractivity contribution in [2.45, 2.75) is 12.8 Å². The van der Waals surface area contributed by atoms with Gasteiger partial charge in [0.05, 0.1) is 16.6 Å². The first-order chi connectivity index (χ1) is 9.58. The Balaban J connectivity index is 1.88. The van der Waals surface area contributed by atoms with Crippen molar-refractivity contribution in [1.29, 1.82) is 0 Å². The van der Waals surface area contributed by atoms with E-state index in [9.17, 15) is 9.90 Å². The maximum Gasteiger partial charge on any atom is 0.239 e. The van der Waals surface area contributed by atoms with E-state index in [0.717, 1.165) is 25.9 Å². The fourth-order valence-electron chi connectivity index (χ4n) is 2.33. The van der Waals surface area contributed by atoms with Gasteiger partial charge < -0.3 is 10.4 Å². The van der Waals surface area contributed by atoms with E-state index in [1.54, 1.807) is 0 Å². The zero-order valence-corrected chi connectivity index (χ0v) is 12.5. The van der Waals surface area contributed by atoms with Gasteiger partial charge in [0.1, 0.15) is 0 Å². The van der Waals surface area contributed by atoms with Crippen molar-refractivity contribution >= 4 is 34.9 Å². The zero-order valence-electron chi connectivity index (χ0n) is 11.0. The third-order valence-electron chi connectivity index (χ3n) is 3.29. The molecule has 5 nitrogen and oxygen atoms in total. The molecule has 1 aliphatic heterocycles. The summed E-state index contributed by atoms with van der Waals surface area (Å²) in [4.78, 5) is 18.0. The van der Waals surface area contributed by atoms with Crippen LogP contribution in [0.3, 0.4) is 0 Å². The molecule has 0 spiro atoms. The molecule has 1 unspecified atom stereocenters. The number of carbonyl (C=O) groups excluding carboxylic acids is 1. The smallest absolute Gasteiger partial charge is 0.239 e. The van der Waals surface area contributed by atoms with Gasteiger partial charge in [0, 0.05) is 19.3 Å². The highest BCUT2D eigenvalue weighted by Gasteiger charge is 2.21. The number of pyridine rings is 1. The van der Waals surface area contributed by atoms with Gasteiger partial charge in [0.2, 0.25) is 5.91 Å². The Labute approximate surface area is 127 Å². The third-order valence-corrected chi connectivity index (χ3v) is 3.79. The summed E-state index contributed by atoms with van der Waals surface area (Å²) in [5.41, 5.74) is 0. The SMILES string of the molecule is O=C(CN1CCCC(CO)C1)Nc1ncc(Cl)cc1Cl.